The van der Waals surface area contributed by atoms with Gasteiger partial charge in [-0.2, -0.15) is 0 Å². The minimum atomic E-state index is -0.266. The molecule has 4 rings (SSSR count). The molecule has 1 amide bonds. The van der Waals surface area contributed by atoms with Crippen LogP contribution in [-0.4, -0.2) is 66.9 Å². The van der Waals surface area contributed by atoms with E-state index >= 15 is 0 Å². The molecule has 1 aliphatic heterocycles. The van der Waals surface area contributed by atoms with E-state index in [9.17, 15) is 4.79 Å². The van der Waals surface area contributed by atoms with E-state index in [-0.39, 0.29) is 12.0 Å². The van der Waals surface area contributed by atoms with Crippen molar-refractivity contribution in [3.8, 4) is 0 Å². The van der Waals surface area contributed by atoms with Gasteiger partial charge in [-0.1, -0.05) is 18.0 Å². The number of hydrogen-bond donors (Lipinski definition) is 1. The molecule has 0 aromatic carbocycles. The number of primary amides is 1. The smallest absolute Gasteiger partial charge is 0.220 e. The number of nitrogens with zero attached hydrogens (tertiary/aromatic N) is 4. The normalized spacial score (nSPS) is 24.2. The van der Waals surface area contributed by atoms with Gasteiger partial charge in [0.2, 0.25) is 5.91 Å². The van der Waals surface area contributed by atoms with E-state index in [0.717, 1.165) is 68.3 Å². The van der Waals surface area contributed by atoms with Crippen LogP contribution in [0.1, 0.15) is 38.5 Å². The van der Waals surface area contributed by atoms with Crippen LogP contribution in [0.3, 0.4) is 0 Å². The van der Waals surface area contributed by atoms with Crippen molar-refractivity contribution in [1.82, 2.24) is 15.0 Å². The predicted octanol–water partition coefficient (Wildman–Crippen LogP) is 2.43. The summed E-state index contributed by atoms with van der Waals surface area (Å²) in [6.07, 6.45) is 9.86. The number of fused-ring (bicyclic) bond motifs is 1. The summed E-state index contributed by atoms with van der Waals surface area (Å²) in [5.41, 5.74) is 6.16. The zero-order chi connectivity index (χ0) is 20.9. The largest absolute Gasteiger partial charge is 0.381 e. The Labute approximate surface area is 177 Å². The Morgan fingerprint density at radius 2 is 2.03 bits per heavy atom. The number of nitrogens with two attached hydrogens (primary N) is 1. The number of aromatic nitrogens is 2. The Kier molecular flexibility index (Phi) is 6.84. The molecular formula is C22H33N5O3. The molecule has 1 unspecified atom stereocenters. The molecule has 2 N–H and O–H groups in total. The summed E-state index contributed by atoms with van der Waals surface area (Å²) >= 11 is 0. The third-order valence-corrected chi connectivity index (χ3v) is 6.90. The predicted molar refractivity (Wildman–Crippen MR) is 115 cm³/mol. The second-order valence-electron chi connectivity index (χ2n) is 8.72. The minimum Gasteiger partial charge on any atom is -0.381 e. The number of hydrogen-bond acceptors (Lipinski definition) is 7. The van der Waals surface area contributed by atoms with Gasteiger partial charge in [-0.3, -0.25) is 14.7 Å². The quantitative estimate of drug-likeness (QED) is 0.707. The second kappa shape index (κ2) is 9.75. The van der Waals surface area contributed by atoms with Crippen LogP contribution < -0.4 is 10.6 Å². The van der Waals surface area contributed by atoms with Crippen LogP contribution in [0.25, 0.3) is 11.0 Å². The highest BCUT2D eigenvalue weighted by molar-refractivity contribution is 5.87. The minimum absolute atomic E-state index is 0.0145. The Balaban J connectivity index is 1.19. The van der Waals surface area contributed by atoms with Gasteiger partial charge in [0.25, 0.3) is 0 Å². The molecule has 2 aromatic rings. The number of carbonyl (C=O) groups excluding carboxylic acids is 1. The fraction of sp³-hybridized carbons (Fsp3) is 0.682. The molecule has 2 aromatic heterocycles. The average molecular weight is 416 g/mol. The van der Waals surface area contributed by atoms with Crippen molar-refractivity contribution < 1.29 is 14.1 Å². The number of ether oxygens (including phenoxy) is 1. The van der Waals surface area contributed by atoms with Crippen molar-refractivity contribution in [2.45, 2.75) is 44.6 Å². The molecule has 8 heteroatoms. The molecule has 1 saturated heterocycles. The van der Waals surface area contributed by atoms with Gasteiger partial charge in [-0.25, -0.2) is 0 Å². The fourth-order valence-electron chi connectivity index (χ4n) is 5.04. The molecule has 8 nitrogen and oxygen atoms in total. The van der Waals surface area contributed by atoms with E-state index < -0.39 is 0 Å². The maximum atomic E-state index is 11.2. The highest BCUT2D eigenvalue weighted by atomic mass is 16.5. The third kappa shape index (κ3) is 4.92. The Morgan fingerprint density at radius 3 is 2.73 bits per heavy atom. The zero-order valence-corrected chi connectivity index (χ0v) is 17.8. The van der Waals surface area contributed by atoms with Gasteiger partial charge in [0, 0.05) is 51.7 Å². The van der Waals surface area contributed by atoms with Crippen LogP contribution in [0.2, 0.25) is 0 Å². The molecule has 2 fully saturated rings. The summed E-state index contributed by atoms with van der Waals surface area (Å²) in [4.78, 5) is 20.3. The highest BCUT2D eigenvalue weighted by Gasteiger charge is 2.29. The first-order valence-corrected chi connectivity index (χ1v) is 11.1. The molecule has 1 atom stereocenters. The van der Waals surface area contributed by atoms with Crippen LogP contribution in [0, 0.1) is 11.8 Å². The Hall–Kier alpha value is -2.19. The lowest BCUT2D eigenvalue weighted by molar-refractivity contribution is -0.121. The van der Waals surface area contributed by atoms with E-state index in [1.165, 1.54) is 19.3 Å². The van der Waals surface area contributed by atoms with Crippen molar-refractivity contribution >= 4 is 22.7 Å². The first kappa shape index (κ1) is 21.1. The Morgan fingerprint density at radius 1 is 1.27 bits per heavy atom. The maximum absolute atomic E-state index is 11.2. The highest BCUT2D eigenvalue weighted by Crippen LogP contribution is 2.34. The number of methoxy groups -OCH3 is 1. The van der Waals surface area contributed by atoms with Gasteiger partial charge in [-0.05, 0) is 37.6 Å². The van der Waals surface area contributed by atoms with Gasteiger partial charge >= 0.3 is 0 Å². The number of carbonyl (C=O) groups is 1. The van der Waals surface area contributed by atoms with Crippen LogP contribution in [0.15, 0.2) is 23.0 Å². The summed E-state index contributed by atoms with van der Waals surface area (Å²) in [5, 5.41) is 5.26. The van der Waals surface area contributed by atoms with Crippen molar-refractivity contribution in [1.29, 1.82) is 0 Å². The van der Waals surface area contributed by atoms with Gasteiger partial charge in [0.05, 0.1) is 17.9 Å². The zero-order valence-electron chi connectivity index (χ0n) is 17.8. The van der Waals surface area contributed by atoms with Gasteiger partial charge in [0.15, 0.2) is 11.4 Å². The Bertz CT molecular complexity index is 825. The standard InChI is InChI=1S/C22H33N5O3/c1-29-20(14-21(23)28)17-4-2-16(3-5-17)7-9-26-10-12-27(13-11-26)22-18-15-24-8-6-19(18)30-25-22/h6,8,15-17,20H,2-5,7,9-14H2,1H3,(H2,23,28). The number of piperazine rings is 1. The number of pyridine rings is 1. The molecule has 30 heavy (non-hydrogen) atoms. The van der Waals surface area contributed by atoms with E-state index in [1.54, 1.807) is 13.3 Å². The van der Waals surface area contributed by atoms with Crippen LogP contribution in [0.5, 0.6) is 0 Å². The van der Waals surface area contributed by atoms with Crippen molar-refractivity contribution in [3.63, 3.8) is 0 Å². The fourth-order valence-corrected chi connectivity index (χ4v) is 5.04. The molecule has 0 bridgehead atoms. The molecule has 3 heterocycles. The molecule has 0 radical (unpaired) electrons. The summed E-state index contributed by atoms with van der Waals surface area (Å²) < 4.78 is 11.0. The van der Waals surface area contributed by atoms with E-state index in [0.29, 0.717) is 12.3 Å². The summed E-state index contributed by atoms with van der Waals surface area (Å²) in [5.74, 6) is 1.89. The van der Waals surface area contributed by atoms with Crippen LogP contribution in [0.4, 0.5) is 5.82 Å². The summed E-state index contributed by atoms with van der Waals surface area (Å²) in [6, 6.07) is 1.86. The average Bonchev–Trinajstić information content (AvgIpc) is 3.21. The lowest BCUT2D eigenvalue weighted by atomic mass is 9.77. The lowest BCUT2D eigenvalue weighted by Gasteiger charge is -2.37. The first-order chi connectivity index (χ1) is 14.6. The monoisotopic (exact) mass is 415 g/mol. The lowest BCUT2D eigenvalue weighted by Crippen LogP contribution is -2.47. The van der Waals surface area contributed by atoms with Gasteiger partial charge < -0.3 is 19.9 Å². The molecule has 164 valence electrons. The maximum Gasteiger partial charge on any atom is 0.220 e. The molecular weight excluding hydrogens is 382 g/mol. The topological polar surface area (TPSA) is 97.7 Å². The van der Waals surface area contributed by atoms with Crippen LogP contribution in [-0.2, 0) is 9.53 Å². The van der Waals surface area contributed by atoms with Crippen molar-refractivity contribution in [2.75, 3.05) is 44.7 Å². The van der Waals surface area contributed by atoms with E-state index in [4.69, 9.17) is 15.0 Å². The van der Waals surface area contributed by atoms with Gasteiger partial charge in [-0.15, -0.1) is 0 Å². The molecule has 1 saturated carbocycles. The van der Waals surface area contributed by atoms with E-state index in [1.807, 2.05) is 12.3 Å². The third-order valence-electron chi connectivity index (χ3n) is 6.90. The van der Waals surface area contributed by atoms with Gasteiger partial charge in [0.1, 0.15) is 0 Å². The van der Waals surface area contributed by atoms with Crippen molar-refractivity contribution in [2.24, 2.45) is 17.6 Å². The molecule has 2 aliphatic rings. The molecule has 1 aliphatic carbocycles. The summed E-state index contributed by atoms with van der Waals surface area (Å²) in [7, 11) is 1.69. The van der Waals surface area contributed by atoms with E-state index in [2.05, 4.69) is 19.9 Å². The SMILES string of the molecule is COC(CC(N)=O)C1CCC(CCN2CCN(c3noc4ccncc34)CC2)CC1. The number of amides is 1. The second-order valence-corrected chi connectivity index (χ2v) is 8.72. The number of anilines is 1. The number of rotatable bonds is 8. The van der Waals surface area contributed by atoms with Crippen molar-refractivity contribution in [3.05, 3.63) is 18.5 Å². The first-order valence-electron chi connectivity index (χ1n) is 11.1. The molecule has 0 spiro atoms. The summed E-state index contributed by atoms with van der Waals surface area (Å²) in [6.45, 7) is 5.18. The van der Waals surface area contributed by atoms with Crippen LogP contribution >= 0.6 is 0 Å².